The molecule has 1 aliphatic rings. The van der Waals surface area contributed by atoms with Crippen LogP contribution in [0.4, 0.5) is 5.69 Å². The Balaban J connectivity index is 2.14. The lowest BCUT2D eigenvalue weighted by Crippen LogP contribution is -2.44. The lowest BCUT2D eigenvalue weighted by molar-refractivity contribution is 0.0697. The summed E-state index contributed by atoms with van der Waals surface area (Å²) in [6, 6.07) is 7.67. The zero-order valence-electron chi connectivity index (χ0n) is 11.5. The summed E-state index contributed by atoms with van der Waals surface area (Å²) in [4.78, 5) is 15.7. The highest BCUT2D eigenvalue weighted by Gasteiger charge is 2.36. The normalized spacial score (nSPS) is 16.6. The van der Waals surface area contributed by atoms with Gasteiger partial charge in [-0.15, -0.1) is 0 Å². The predicted molar refractivity (Wildman–Crippen MR) is 79.2 cm³/mol. The Kier molecular flexibility index (Phi) is 3.08. The van der Waals surface area contributed by atoms with Gasteiger partial charge in [0.05, 0.1) is 11.2 Å². The number of hydrogen-bond donors (Lipinski definition) is 2. The smallest absolute Gasteiger partial charge is 0.339 e. The number of carboxylic acid groups (broad SMARTS) is 1. The molecule has 2 N–H and O–H groups in total. The molecule has 104 valence electrons. The van der Waals surface area contributed by atoms with Crippen molar-refractivity contribution in [3.8, 4) is 0 Å². The van der Waals surface area contributed by atoms with E-state index in [1.807, 2.05) is 24.3 Å². The molecule has 1 saturated carbocycles. The zero-order chi connectivity index (χ0) is 14.2. The monoisotopic (exact) mass is 270 g/mol. The first-order chi connectivity index (χ1) is 9.65. The SMILES string of the molecule is CCC1(Nc2c(C(=O)O)cnc3ccccc23)CCC1. The second kappa shape index (κ2) is 4.78. The standard InChI is InChI=1S/C16H18N2O2/c1-2-16(8-5-9-16)18-14-11-6-3-4-7-13(11)17-10-12(14)15(19)20/h3-4,6-7,10H,2,5,8-9H2,1H3,(H,17,18)(H,19,20). The summed E-state index contributed by atoms with van der Waals surface area (Å²) < 4.78 is 0. The van der Waals surface area contributed by atoms with E-state index in [1.54, 1.807) is 0 Å². The van der Waals surface area contributed by atoms with Crippen molar-refractivity contribution in [1.29, 1.82) is 0 Å². The Hall–Kier alpha value is -2.10. The topological polar surface area (TPSA) is 62.2 Å². The lowest BCUT2D eigenvalue weighted by atomic mass is 9.74. The third-order valence-corrected chi connectivity index (χ3v) is 4.38. The van der Waals surface area contributed by atoms with E-state index in [9.17, 15) is 9.90 Å². The number of rotatable bonds is 4. The summed E-state index contributed by atoms with van der Waals surface area (Å²) >= 11 is 0. The Bertz CT molecular complexity index is 657. The lowest BCUT2D eigenvalue weighted by Gasteiger charge is -2.43. The molecule has 4 nitrogen and oxygen atoms in total. The van der Waals surface area contributed by atoms with E-state index < -0.39 is 5.97 Å². The minimum Gasteiger partial charge on any atom is -0.478 e. The summed E-state index contributed by atoms with van der Waals surface area (Å²) in [5, 5.41) is 13.8. The van der Waals surface area contributed by atoms with Crippen molar-refractivity contribution >= 4 is 22.6 Å². The zero-order valence-corrected chi connectivity index (χ0v) is 11.5. The number of aromatic nitrogens is 1. The number of pyridine rings is 1. The number of para-hydroxylation sites is 1. The molecule has 0 saturated heterocycles. The van der Waals surface area contributed by atoms with E-state index in [-0.39, 0.29) is 11.1 Å². The Morgan fingerprint density at radius 2 is 2.15 bits per heavy atom. The molecule has 0 bridgehead atoms. The first-order valence-electron chi connectivity index (χ1n) is 7.04. The Morgan fingerprint density at radius 1 is 1.40 bits per heavy atom. The molecule has 0 amide bonds. The van der Waals surface area contributed by atoms with Crippen molar-refractivity contribution in [2.45, 2.75) is 38.1 Å². The molecule has 1 heterocycles. The maximum atomic E-state index is 11.5. The van der Waals surface area contributed by atoms with Gasteiger partial charge >= 0.3 is 5.97 Å². The van der Waals surface area contributed by atoms with Gasteiger partial charge in [0.25, 0.3) is 0 Å². The summed E-state index contributed by atoms with van der Waals surface area (Å²) in [5.74, 6) is -0.934. The maximum Gasteiger partial charge on any atom is 0.339 e. The Morgan fingerprint density at radius 3 is 2.75 bits per heavy atom. The molecule has 0 unspecified atom stereocenters. The van der Waals surface area contributed by atoms with Gasteiger partial charge in [-0.05, 0) is 31.7 Å². The second-order valence-electron chi connectivity index (χ2n) is 5.48. The number of fused-ring (bicyclic) bond motifs is 1. The van der Waals surface area contributed by atoms with Crippen molar-refractivity contribution in [3.63, 3.8) is 0 Å². The maximum absolute atomic E-state index is 11.5. The molecule has 1 fully saturated rings. The minimum atomic E-state index is -0.934. The van der Waals surface area contributed by atoms with Gasteiger partial charge in [-0.3, -0.25) is 4.98 Å². The molecule has 0 spiro atoms. The highest BCUT2D eigenvalue weighted by atomic mass is 16.4. The average molecular weight is 270 g/mol. The van der Waals surface area contributed by atoms with Crippen LogP contribution in [-0.2, 0) is 0 Å². The fourth-order valence-electron chi connectivity index (χ4n) is 2.87. The van der Waals surface area contributed by atoms with E-state index in [1.165, 1.54) is 12.6 Å². The third kappa shape index (κ3) is 2.01. The first kappa shape index (κ1) is 12.9. The van der Waals surface area contributed by atoms with Crippen molar-refractivity contribution in [2.24, 2.45) is 0 Å². The number of hydrogen-bond acceptors (Lipinski definition) is 3. The van der Waals surface area contributed by atoms with Crippen LogP contribution in [0.15, 0.2) is 30.5 Å². The van der Waals surface area contributed by atoms with Gasteiger partial charge in [0.15, 0.2) is 0 Å². The van der Waals surface area contributed by atoms with Gasteiger partial charge in [0.2, 0.25) is 0 Å². The second-order valence-corrected chi connectivity index (χ2v) is 5.48. The average Bonchev–Trinajstić information content (AvgIpc) is 2.42. The molecule has 1 aromatic heterocycles. The molecule has 4 heteroatoms. The fraction of sp³-hybridized carbons (Fsp3) is 0.375. The summed E-state index contributed by atoms with van der Waals surface area (Å²) in [7, 11) is 0. The molecule has 2 aromatic rings. The van der Waals surface area contributed by atoms with Crippen LogP contribution in [0.2, 0.25) is 0 Å². The highest BCUT2D eigenvalue weighted by molar-refractivity contribution is 6.04. The van der Waals surface area contributed by atoms with Crippen LogP contribution in [0, 0.1) is 0 Å². The summed E-state index contributed by atoms with van der Waals surface area (Å²) in [6.45, 7) is 2.15. The van der Waals surface area contributed by atoms with Crippen molar-refractivity contribution in [2.75, 3.05) is 5.32 Å². The molecule has 1 aromatic carbocycles. The molecule has 1 aliphatic carbocycles. The molecule has 20 heavy (non-hydrogen) atoms. The van der Waals surface area contributed by atoms with Gasteiger partial charge in [-0.25, -0.2) is 4.79 Å². The number of nitrogens with one attached hydrogen (secondary N) is 1. The first-order valence-corrected chi connectivity index (χ1v) is 7.04. The minimum absolute atomic E-state index is 0.0499. The summed E-state index contributed by atoms with van der Waals surface area (Å²) in [6.07, 6.45) is 5.85. The molecule has 0 aliphatic heterocycles. The third-order valence-electron chi connectivity index (χ3n) is 4.38. The van der Waals surface area contributed by atoms with E-state index in [2.05, 4.69) is 17.2 Å². The van der Waals surface area contributed by atoms with E-state index in [0.717, 1.165) is 30.2 Å². The molecular weight excluding hydrogens is 252 g/mol. The summed E-state index contributed by atoms with van der Waals surface area (Å²) in [5.41, 5.74) is 1.84. The molecule has 0 atom stereocenters. The molecule has 0 radical (unpaired) electrons. The highest BCUT2D eigenvalue weighted by Crippen LogP contribution is 2.40. The van der Waals surface area contributed by atoms with Crippen LogP contribution < -0.4 is 5.32 Å². The van der Waals surface area contributed by atoms with Gasteiger partial charge in [-0.2, -0.15) is 0 Å². The molecular formula is C16H18N2O2. The van der Waals surface area contributed by atoms with Crippen molar-refractivity contribution in [3.05, 3.63) is 36.0 Å². The van der Waals surface area contributed by atoms with E-state index >= 15 is 0 Å². The van der Waals surface area contributed by atoms with Gasteiger partial charge in [0.1, 0.15) is 5.56 Å². The van der Waals surface area contributed by atoms with Crippen LogP contribution in [0.5, 0.6) is 0 Å². The van der Waals surface area contributed by atoms with Crippen LogP contribution >= 0.6 is 0 Å². The molecule has 3 rings (SSSR count). The number of aromatic carboxylic acids is 1. The quantitative estimate of drug-likeness (QED) is 0.889. The van der Waals surface area contributed by atoms with E-state index in [4.69, 9.17) is 0 Å². The van der Waals surface area contributed by atoms with Gasteiger partial charge in [-0.1, -0.05) is 25.1 Å². The van der Waals surface area contributed by atoms with Crippen LogP contribution in [-0.4, -0.2) is 21.6 Å². The van der Waals surface area contributed by atoms with Crippen LogP contribution in [0.25, 0.3) is 10.9 Å². The fourth-order valence-corrected chi connectivity index (χ4v) is 2.87. The number of nitrogens with zero attached hydrogens (tertiary/aromatic N) is 1. The number of anilines is 1. The van der Waals surface area contributed by atoms with Crippen molar-refractivity contribution in [1.82, 2.24) is 4.98 Å². The van der Waals surface area contributed by atoms with Crippen molar-refractivity contribution < 1.29 is 9.90 Å². The number of carboxylic acids is 1. The Labute approximate surface area is 117 Å². The number of benzene rings is 1. The predicted octanol–water partition coefficient (Wildman–Crippen LogP) is 3.68. The van der Waals surface area contributed by atoms with Crippen LogP contribution in [0.3, 0.4) is 0 Å². The van der Waals surface area contributed by atoms with E-state index in [0.29, 0.717) is 5.69 Å². The number of carbonyl (C=O) groups is 1. The van der Waals surface area contributed by atoms with Gasteiger partial charge < -0.3 is 10.4 Å². The van der Waals surface area contributed by atoms with Gasteiger partial charge in [0, 0.05) is 17.1 Å². The van der Waals surface area contributed by atoms with Crippen LogP contribution in [0.1, 0.15) is 43.0 Å². The largest absolute Gasteiger partial charge is 0.478 e.